The molecule has 0 aliphatic heterocycles. The zero-order valence-electron chi connectivity index (χ0n) is 13.9. The normalized spacial score (nSPS) is 12.4. The lowest BCUT2D eigenvalue weighted by atomic mass is 10.2. The predicted molar refractivity (Wildman–Crippen MR) is 85.0 cm³/mol. The molecule has 0 aliphatic rings. The lowest BCUT2D eigenvalue weighted by Crippen LogP contribution is -2.30. The maximum absolute atomic E-state index is 12.0. The summed E-state index contributed by atoms with van der Waals surface area (Å²) in [5.74, 6) is 0.909. The Balaban J connectivity index is 1.92. The van der Waals surface area contributed by atoms with Crippen LogP contribution in [0.3, 0.4) is 0 Å². The predicted octanol–water partition coefficient (Wildman–Crippen LogP) is 1.93. The number of nitrogens with one attached hydrogen (secondary N) is 1. The first kappa shape index (κ1) is 16.9. The molecule has 7 heteroatoms. The summed E-state index contributed by atoms with van der Waals surface area (Å²) < 4.78 is 7.09. The van der Waals surface area contributed by atoms with E-state index in [1.54, 1.807) is 17.6 Å². The van der Waals surface area contributed by atoms with Gasteiger partial charge in [0, 0.05) is 30.6 Å². The number of hydrogen-bond acceptors (Lipinski definition) is 5. The summed E-state index contributed by atoms with van der Waals surface area (Å²) in [7, 11) is 0. The van der Waals surface area contributed by atoms with Crippen LogP contribution in [0.2, 0.25) is 0 Å². The molecule has 2 rings (SSSR count). The molecule has 0 bridgehead atoms. The molecule has 2 aromatic heterocycles. The molecular formula is C16H22N4O3. The third kappa shape index (κ3) is 4.28. The van der Waals surface area contributed by atoms with Gasteiger partial charge in [0.2, 0.25) is 17.7 Å². The van der Waals surface area contributed by atoms with Gasteiger partial charge in [-0.1, -0.05) is 19.9 Å². The Hall–Kier alpha value is -2.44. The lowest BCUT2D eigenvalue weighted by molar-refractivity contribution is -0.122. The van der Waals surface area contributed by atoms with Crippen molar-refractivity contribution in [3.05, 3.63) is 46.0 Å². The quantitative estimate of drug-likeness (QED) is 0.879. The number of amides is 1. The molecule has 0 aliphatic carbocycles. The molecule has 1 amide bonds. The summed E-state index contributed by atoms with van der Waals surface area (Å²) in [6, 6.07) is 4.67. The minimum atomic E-state index is -0.365. The maximum Gasteiger partial charge on any atom is 0.250 e. The molecule has 0 saturated heterocycles. The van der Waals surface area contributed by atoms with Crippen LogP contribution < -0.4 is 10.9 Å². The Kier molecular flexibility index (Phi) is 5.31. The van der Waals surface area contributed by atoms with Gasteiger partial charge in [0.1, 0.15) is 6.04 Å². The number of aryl methyl sites for hydroxylation is 1. The van der Waals surface area contributed by atoms with Crippen molar-refractivity contribution in [1.82, 2.24) is 20.1 Å². The van der Waals surface area contributed by atoms with Crippen molar-refractivity contribution in [3.8, 4) is 0 Å². The van der Waals surface area contributed by atoms with Crippen LogP contribution in [0.15, 0.2) is 27.4 Å². The summed E-state index contributed by atoms with van der Waals surface area (Å²) >= 11 is 0. The van der Waals surface area contributed by atoms with E-state index in [-0.39, 0.29) is 29.8 Å². The number of rotatable bonds is 6. The highest BCUT2D eigenvalue weighted by Crippen LogP contribution is 2.16. The fraction of sp³-hybridized carbons (Fsp3) is 0.500. The van der Waals surface area contributed by atoms with Gasteiger partial charge in [-0.05, 0) is 19.9 Å². The zero-order valence-corrected chi connectivity index (χ0v) is 13.9. The third-order valence-corrected chi connectivity index (χ3v) is 3.53. The van der Waals surface area contributed by atoms with E-state index in [1.807, 2.05) is 26.8 Å². The van der Waals surface area contributed by atoms with E-state index >= 15 is 0 Å². The Morgan fingerprint density at radius 1 is 1.26 bits per heavy atom. The van der Waals surface area contributed by atoms with Crippen molar-refractivity contribution in [1.29, 1.82) is 0 Å². The van der Waals surface area contributed by atoms with Crippen molar-refractivity contribution in [2.24, 2.45) is 0 Å². The summed E-state index contributed by atoms with van der Waals surface area (Å²) in [5.41, 5.74) is 0.723. The highest BCUT2D eigenvalue weighted by atomic mass is 16.4. The Morgan fingerprint density at radius 3 is 2.57 bits per heavy atom. The number of carbonyl (C=O) groups excluding carboxylic acids is 1. The van der Waals surface area contributed by atoms with Gasteiger partial charge in [-0.25, -0.2) is 0 Å². The van der Waals surface area contributed by atoms with Crippen molar-refractivity contribution < 1.29 is 9.21 Å². The van der Waals surface area contributed by atoms with Crippen molar-refractivity contribution in [2.45, 2.75) is 52.6 Å². The summed E-state index contributed by atoms with van der Waals surface area (Å²) in [6.45, 7) is 7.88. The molecular weight excluding hydrogens is 296 g/mol. The average Bonchev–Trinajstić information content (AvgIpc) is 2.96. The summed E-state index contributed by atoms with van der Waals surface area (Å²) in [5, 5.41) is 10.7. The topological polar surface area (TPSA) is 90.0 Å². The van der Waals surface area contributed by atoms with E-state index in [4.69, 9.17) is 4.42 Å². The fourth-order valence-corrected chi connectivity index (χ4v) is 2.15. The molecule has 0 saturated carbocycles. The maximum atomic E-state index is 12.0. The molecule has 0 radical (unpaired) electrons. The van der Waals surface area contributed by atoms with Crippen LogP contribution >= 0.6 is 0 Å². The SMILES string of the molecule is Cc1cccc(=O)n1CCC(=O)NC(C)c1nnc(C(C)C)o1. The number of pyridine rings is 1. The highest BCUT2D eigenvalue weighted by molar-refractivity contribution is 5.76. The van der Waals surface area contributed by atoms with Crippen molar-refractivity contribution in [2.75, 3.05) is 0 Å². The molecule has 23 heavy (non-hydrogen) atoms. The van der Waals surface area contributed by atoms with E-state index in [1.165, 1.54) is 6.07 Å². The molecule has 1 unspecified atom stereocenters. The number of hydrogen-bond donors (Lipinski definition) is 1. The van der Waals surface area contributed by atoms with E-state index in [9.17, 15) is 9.59 Å². The summed E-state index contributed by atoms with van der Waals surface area (Å²) in [4.78, 5) is 23.8. The molecule has 0 aromatic carbocycles. The second-order valence-corrected chi connectivity index (χ2v) is 5.83. The Bertz CT molecular complexity index is 733. The first-order valence-electron chi connectivity index (χ1n) is 7.67. The van der Waals surface area contributed by atoms with Gasteiger partial charge in [-0.2, -0.15) is 0 Å². The monoisotopic (exact) mass is 318 g/mol. The van der Waals surface area contributed by atoms with Crippen LogP contribution in [0.4, 0.5) is 0 Å². The average molecular weight is 318 g/mol. The van der Waals surface area contributed by atoms with Gasteiger partial charge in [0.05, 0.1) is 0 Å². The number of aromatic nitrogens is 3. The molecule has 7 nitrogen and oxygen atoms in total. The van der Waals surface area contributed by atoms with E-state index < -0.39 is 0 Å². The van der Waals surface area contributed by atoms with Crippen molar-refractivity contribution in [3.63, 3.8) is 0 Å². The van der Waals surface area contributed by atoms with E-state index in [0.29, 0.717) is 18.3 Å². The minimum Gasteiger partial charge on any atom is -0.423 e. The van der Waals surface area contributed by atoms with Gasteiger partial charge in [0.15, 0.2) is 0 Å². The second kappa shape index (κ2) is 7.21. The zero-order chi connectivity index (χ0) is 17.0. The first-order chi connectivity index (χ1) is 10.9. The van der Waals surface area contributed by atoms with Crippen LogP contribution in [0, 0.1) is 6.92 Å². The van der Waals surface area contributed by atoms with Crippen molar-refractivity contribution >= 4 is 5.91 Å². The van der Waals surface area contributed by atoms with Gasteiger partial charge in [-0.15, -0.1) is 10.2 Å². The molecule has 1 N–H and O–H groups in total. The van der Waals surface area contributed by atoms with E-state index in [2.05, 4.69) is 15.5 Å². The number of nitrogens with zero attached hydrogens (tertiary/aromatic N) is 3. The first-order valence-corrected chi connectivity index (χ1v) is 7.67. The van der Waals surface area contributed by atoms with Crippen LogP contribution in [0.25, 0.3) is 0 Å². The Morgan fingerprint density at radius 2 is 1.96 bits per heavy atom. The van der Waals surface area contributed by atoms with Crippen LogP contribution in [-0.4, -0.2) is 20.7 Å². The van der Waals surface area contributed by atoms with Crippen LogP contribution in [-0.2, 0) is 11.3 Å². The van der Waals surface area contributed by atoms with Crippen LogP contribution in [0.5, 0.6) is 0 Å². The van der Waals surface area contributed by atoms with Gasteiger partial charge in [0.25, 0.3) is 5.56 Å². The van der Waals surface area contributed by atoms with Crippen LogP contribution in [0.1, 0.15) is 56.6 Å². The van der Waals surface area contributed by atoms with Gasteiger partial charge < -0.3 is 14.3 Å². The lowest BCUT2D eigenvalue weighted by Gasteiger charge is -2.12. The van der Waals surface area contributed by atoms with Gasteiger partial charge >= 0.3 is 0 Å². The highest BCUT2D eigenvalue weighted by Gasteiger charge is 2.17. The summed E-state index contributed by atoms with van der Waals surface area (Å²) in [6.07, 6.45) is 0.209. The number of carbonyl (C=O) groups is 1. The van der Waals surface area contributed by atoms with E-state index in [0.717, 1.165) is 5.69 Å². The largest absolute Gasteiger partial charge is 0.423 e. The molecule has 0 spiro atoms. The molecule has 124 valence electrons. The molecule has 1 atom stereocenters. The molecule has 0 fully saturated rings. The standard InChI is InChI=1S/C16H22N4O3/c1-10(2)15-18-19-16(23-15)12(4)17-13(21)8-9-20-11(3)6-5-7-14(20)22/h5-7,10,12H,8-9H2,1-4H3,(H,17,21). The minimum absolute atomic E-state index is 0.107. The second-order valence-electron chi connectivity index (χ2n) is 5.83. The fourth-order valence-electron chi connectivity index (χ4n) is 2.15. The smallest absolute Gasteiger partial charge is 0.250 e. The Labute approximate surface area is 134 Å². The third-order valence-electron chi connectivity index (χ3n) is 3.53. The van der Waals surface area contributed by atoms with Gasteiger partial charge in [-0.3, -0.25) is 9.59 Å². The molecule has 2 heterocycles. The molecule has 2 aromatic rings.